The number of H-pyrrole nitrogens is 1. The van der Waals surface area contributed by atoms with Crippen molar-refractivity contribution in [2.75, 3.05) is 33.0 Å². The van der Waals surface area contributed by atoms with E-state index in [1.165, 1.54) is 0 Å². The van der Waals surface area contributed by atoms with Crippen LogP contribution in [0.3, 0.4) is 0 Å². The SMILES string of the molecule is CCOP(=O)(OCC)C(NC(=O)CCCNC(=O)[C@H]1O[C@@H](n2ccc(=O)[nH]c2=O)[C@H](O)[C@@H]1O)P(=O)(OCC)OCC. The summed E-state index contributed by atoms with van der Waals surface area (Å²) in [5, 5.41) is 25.4. The van der Waals surface area contributed by atoms with Crippen molar-refractivity contribution in [3.63, 3.8) is 0 Å². The van der Waals surface area contributed by atoms with E-state index < -0.39 is 68.3 Å². The molecule has 19 heteroatoms. The molecule has 234 valence electrons. The summed E-state index contributed by atoms with van der Waals surface area (Å²) in [7, 11) is -8.42. The molecule has 5 N–H and O–H groups in total. The Kier molecular flexibility index (Phi) is 13.5. The number of ether oxygens (including phenoxy) is 1. The average molecular weight is 629 g/mol. The molecule has 17 nitrogen and oxygen atoms in total. The fourth-order valence-corrected chi connectivity index (χ4v) is 8.86. The second-order valence-corrected chi connectivity index (χ2v) is 13.2. The van der Waals surface area contributed by atoms with Gasteiger partial charge in [0, 0.05) is 25.2 Å². The first-order chi connectivity index (χ1) is 19.4. The summed E-state index contributed by atoms with van der Waals surface area (Å²) in [5.74, 6) is -1.54. The van der Waals surface area contributed by atoms with Crippen molar-refractivity contribution in [3.05, 3.63) is 33.1 Å². The minimum Gasteiger partial charge on any atom is -0.387 e. The van der Waals surface area contributed by atoms with Crippen LogP contribution in [0.15, 0.2) is 21.9 Å². The van der Waals surface area contributed by atoms with Crippen LogP contribution in [0, 0.1) is 0 Å². The van der Waals surface area contributed by atoms with Gasteiger partial charge in [-0.3, -0.25) is 33.1 Å². The summed E-state index contributed by atoms with van der Waals surface area (Å²) < 4.78 is 54.4. The van der Waals surface area contributed by atoms with Gasteiger partial charge in [-0.2, -0.15) is 0 Å². The number of hydrogen-bond acceptors (Lipinski definition) is 13. The van der Waals surface area contributed by atoms with Gasteiger partial charge in [0.15, 0.2) is 12.3 Å². The lowest BCUT2D eigenvalue weighted by molar-refractivity contribution is -0.138. The molecule has 1 aromatic rings. The Morgan fingerprint density at radius 2 is 1.54 bits per heavy atom. The van der Waals surface area contributed by atoms with Gasteiger partial charge >= 0.3 is 20.9 Å². The van der Waals surface area contributed by atoms with Crippen molar-refractivity contribution < 1.29 is 51.8 Å². The van der Waals surface area contributed by atoms with Crippen LogP contribution in [0.4, 0.5) is 0 Å². The number of aliphatic hydroxyl groups is 2. The minimum atomic E-state index is -4.21. The van der Waals surface area contributed by atoms with E-state index in [0.29, 0.717) is 0 Å². The van der Waals surface area contributed by atoms with Crippen molar-refractivity contribution in [1.29, 1.82) is 0 Å². The highest BCUT2D eigenvalue weighted by Gasteiger charge is 2.52. The van der Waals surface area contributed by atoms with Crippen LogP contribution in [-0.2, 0) is 41.6 Å². The molecule has 1 aliphatic heterocycles. The molecule has 2 amide bonds. The zero-order valence-electron chi connectivity index (χ0n) is 23.2. The zero-order valence-corrected chi connectivity index (χ0v) is 25.0. The Bertz CT molecular complexity index is 1190. The summed E-state index contributed by atoms with van der Waals surface area (Å²) in [6.45, 7) is 5.80. The molecule has 0 spiro atoms. The molecule has 4 atom stereocenters. The lowest BCUT2D eigenvalue weighted by Gasteiger charge is -2.31. The third kappa shape index (κ3) is 8.89. The van der Waals surface area contributed by atoms with E-state index in [1.54, 1.807) is 27.7 Å². The quantitative estimate of drug-likeness (QED) is 0.113. The number of amides is 2. The standard InChI is InChI=1S/C22H38N4O13P2/c1-5-35-40(33,36-6-2)22(41(34,37-7-3)38-8-4)25-14(27)10-9-12-23-19(31)18-16(29)17(30)20(39-18)26-13-11-15(28)24-21(26)32/h11,13,16-18,20,22,29-30H,5-10,12H2,1-4H3,(H,23,31)(H,25,27)(H,24,28,32)/t16-,17+,18-,20+/m0/s1. The molecule has 0 aromatic carbocycles. The van der Waals surface area contributed by atoms with E-state index >= 15 is 0 Å². The molecule has 2 heterocycles. The first-order valence-corrected chi connectivity index (χ1v) is 16.3. The smallest absolute Gasteiger partial charge is 0.365 e. The Morgan fingerprint density at radius 1 is 1.00 bits per heavy atom. The number of rotatable bonds is 17. The maximum absolute atomic E-state index is 13.5. The topological polar surface area (TPSA) is 234 Å². The number of hydrogen-bond donors (Lipinski definition) is 5. The van der Waals surface area contributed by atoms with E-state index in [-0.39, 0.29) is 45.8 Å². The number of nitrogens with zero attached hydrogens (tertiary/aromatic N) is 1. The van der Waals surface area contributed by atoms with Crippen LogP contribution in [0.5, 0.6) is 0 Å². The van der Waals surface area contributed by atoms with Gasteiger partial charge in [0.1, 0.15) is 12.2 Å². The number of aliphatic hydroxyl groups excluding tert-OH is 2. The maximum atomic E-state index is 13.5. The Labute approximate surface area is 235 Å². The van der Waals surface area contributed by atoms with Crippen LogP contribution < -0.4 is 21.9 Å². The predicted molar refractivity (Wildman–Crippen MR) is 143 cm³/mol. The molecular weight excluding hydrogens is 590 g/mol. The average Bonchev–Trinajstić information content (AvgIpc) is 3.19. The van der Waals surface area contributed by atoms with E-state index in [1.807, 2.05) is 4.98 Å². The molecule has 0 radical (unpaired) electrons. The molecule has 41 heavy (non-hydrogen) atoms. The van der Waals surface area contributed by atoms with Crippen LogP contribution in [0.2, 0.25) is 0 Å². The van der Waals surface area contributed by atoms with Crippen molar-refractivity contribution in [2.45, 2.75) is 70.6 Å². The predicted octanol–water partition coefficient (Wildman–Crippen LogP) is -0.0158. The third-order valence-electron chi connectivity index (χ3n) is 5.63. The molecule has 1 aromatic heterocycles. The van der Waals surface area contributed by atoms with Crippen molar-refractivity contribution in [2.24, 2.45) is 0 Å². The second-order valence-electron chi connectivity index (χ2n) is 8.53. The second kappa shape index (κ2) is 15.9. The molecule has 1 saturated heterocycles. The molecule has 0 aliphatic carbocycles. The van der Waals surface area contributed by atoms with Gasteiger partial charge in [0.05, 0.1) is 26.4 Å². The Morgan fingerprint density at radius 3 is 2.02 bits per heavy atom. The van der Waals surface area contributed by atoms with Gasteiger partial charge < -0.3 is 43.7 Å². The van der Waals surface area contributed by atoms with Gasteiger partial charge in [0.25, 0.3) is 11.5 Å². The first kappa shape index (κ1) is 35.0. The maximum Gasteiger partial charge on any atom is 0.365 e. The number of aromatic amines is 1. The lowest BCUT2D eigenvalue weighted by atomic mass is 10.1. The lowest BCUT2D eigenvalue weighted by Crippen LogP contribution is -2.43. The number of carbonyl (C=O) groups is 2. The summed E-state index contributed by atoms with van der Waals surface area (Å²) in [6, 6.07) is 1.01. The normalized spacial score (nSPS) is 21.2. The Balaban J connectivity index is 2.02. The molecule has 1 aliphatic rings. The van der Waals surface area contributed by atoms with Crippen LogP contribution >= 0.6 is 15.2 Å². The van der Waals surface area contributed by atoms with E-state index in [2.05, 4.69) is 10.6 Å². The van der Waals surface area contributed by atoms with Gasteiger partial charge in [0.2, 0.25) is 11.4 Å². The van der Waals surface area contributed by atoms with Crippen molar-refractivity contribution in [3.8, 4) is 0 Å². The molecule has 0 saturated carbocycles. The highest BCUT2D eigenvalue weighted by Crippen LogP contribution is 2.69. The van der Waals surface area contributed by atoms with Crippen LogP contribution in [-0.4, -0.2) is 88.4 Å². The highest BCUT2D eigenvalue weighted by atomic mass is 31.2. The summed E-state index contributed by atoms with van der Waals surface area (Å²) >= 11 is 0. The van der Waals surface area contributed by atoms with E-state index in [9.17, 15) is 38.5 Å². The fraction of sp³-hybridized carbons (Fsp3) is 0.727. The number of nitrogens with one attached hydrogen (secondary N) is 3. The van der Waals surface area contributed by atoms with Crippen molar-refractivity contribution in [1.82, 2.24) is 20.2 Å². The largest absolute Gasteiger partial charge is 0.387 e. The number of aromatic nitrogens is 2. The monoisotopic (exact) mass is 628 g/mol. The van der Waals surface area contributed by atoms with E-state index in [0.717, 1.165) is 16.8 Å². The number of carbonyl (C=O) groups excluding carboxylic acids is 2. The zero-order chi connectivity index (χ0) is 30.8. The van der Waals surface area contributed by atoms with Crippen LogP contribution in [0.25, 0.3) is 0 Å². The molecule has 0 unspecified atom stereocenters. The third-order valence-corrected chi connectivity index (χ3v) is 11.3. The summed E-state index contributed by atoms with van der Waals surface area (Å²) in [4.78, 5) is 50.6. The van der Waals surface area contributed by atoms with Crippen molar-refractivity contribution >= 4 is 27.0 Å². The van der Waals surface area contributed by atoms with Gasteiger partial charge in [-0.25, -0.2) is 4.79 Å². The van der Waals surface area contributed by atoms with Gasteiger partial charge in [-0.1, -0.05) is 0 Å². The minimum absolute atomic E-state index is 0.0413. The Hall–Kier alpha value is -2.20. The first-order valence-electron chi connectivity index (χ1n) is 13.0. The molecule has 1 fully saturated rings. The van der Waals surface area contributed by atoms with Gasteiger partial charge in [-0.05, 0) is 34.1 Å². The molecule has 0 bridgehead atoms. The highest BCUT2D eigenvalue weighted by molar-refractivity contribution is 7.72. The van der Waals surface area contributed by atoms with E-state index in [4.69, 9.17) is 22.8 Å². The van der Waals surface area contributed by atoms with Gasteiger partial charge in [-0.15, -0.1) is 0 Å². The van der Waals surface area contributed by atoms with Crippen LogP contribution in [0.1, 0.15) is 46.8 Å². The molecule has 2 rings (SSSR count). The summed E-state index contributed by atoms with van der Waals surface area (Å²) in [5.41, 5.74) is -3.33. The fourth-order valence-electron chi connectivity index (χ4n) is 3.92. The summed E-state index contributed by atoms with van der Waals surface area (Å²) in [6.07, 6.45) is -5.49. The molecular formula is C22H38N4O13P2.